The van der Waals surface area contributed by atoms with Crippen LogP contribution < -0.4 is 10.6 Å². The molecule has 0 saturated carbocycles. The lowest BCUT2D eigenvalue weighted by Crippen LogP contribution is -2.44. The smallest absolute Gasteiger partial charge is 0.325 e. The molecule has 0 fully saturated rings. The van der Waals surface area contributed by atoms with Gasteiger partial charge < -0.3 is 15.7 Å². The number of hydrogen-bond donors (Lipinski definition) is 3. The summed E-state index contributed by atoms with van der Waals surface area (Å²) in [6.45, 7) is 4.03. The van der Waals surface area contributed by atoms with E-state index >= 15 is 0 Å². The Kier molecular flexibility index (Phi) is 5.85. The molecule has 0 radical (unpaired) electrons. The average Bonchev–Trinajstić information content (AvgIpc) is 2.39. The largest absolute Gasteiger partial charge is 0.480 e. The normalized spacial score (nSPS) is 13.4. The molecule has 1 rings (SSSR count). The second-order valence-electron chi connectivity index (χ2n) is 4.56. The fourth-order valence-corrected chi connectivity index (χ4v) is 1.66. The Balaban J connectivity index is 2.27. The first-order chi connectivity index (χ1) is 9.00. The predicted octanol–water partition coefficient (Wildman–Crippen LogP) is 1.95. The van der Waals surface area contributed by atoms with E-state index in [1.54, 1.807) is 0 Å². The highest BCUT2D eigenvalue weighted by atomic mass is 16.4. The summed E-state index contributed by atoms with van der Waals surface area (Å²) < 4.78 is 0. The Morgan fingerprint density at radius 1 is 1.21 bits per heavy atom. The van der Waals surface area contributed by atoms with E-state index in [-0.39, 0.29) is 0 Å². The van der Waals surface area contributed by atoms with E-state index in [2.05, 4.69) is 29.7 Å². The van der Waals surface area contributed by atoms with Crippen LogP contribution in [-0.4, -0.2) is 29.7 Å². The third kappa shape index (κ3) is 5.42. The maximum Gasteiger partial charge on any atom is 0.325 e. The van der Waals surface area contributed by atoms with Crippen molar-refractivity contribution in [3.63, 3.8) is 0 Å². The molecule has 1 aromatic rings. The number of carboxylic acids is 1. The highest BCUT2D eigenvalue weighted by Gasteiger charge is 2.13. The molecule has 1 aromatic carbocycles. The van der Waals surface area contributed by atoms with Crippen molar-refractivity contribution < 1.29 is 14.7 Å². The molecule has 0 aliphatic heterocycles. The quantitative estimate of drug-likeness (QED) is 0.735. The van der Waals surface area contributed by atoms with Crippen molar-refractivity contribution >= 4 is 12.0 Å². The topological polar surface area (TPSA) is 78.4 Å². The van der Waals surface area contributed by atoms with Crippen LogP contribution in [0.4, 0.5) is 4.79 Å². The summed E-state index contributed by atoms with van der Waals surface area (Å²) in [5.41, 5.74) is 1.23. The zero-order valence-corrected chi connectivity index (χ0v) is 11.2. The van der Waals surface area contributed by atoms with Crippen molar-refractivity contribution in [2.45, 2.75) is 32.2 Å². The Morgan fingerprint density at radius 3 is 2.42 bits per heavy atom. The minimum atomic E-state index is -1.05. The van der Waals surface area contributed by atoms with Gasteiger partial charge in [-0.25, -0.2) is 4.79 Å². The van der Waals surface area contributed by atoms with Gasteiger partial charge in [-0.1, -0.05) is 37.3 Å². The molecule has 5 nitrogen and oxygen atoms in total. The zero-order valence-electron chi connectivity index (χ0n) is 11.2. The molecule has 2 amide bonds. The lowest BCUT2D eigenvalue weighted by molar-refractivity contribution is -0.138. The average molecular weight is 264 g/mol. The van der Waals surface area contributed by atoms with E-state index in [0.29, 0.717) is 12.5 Å². The highest BCUT2D eigenvalue weighted by Crippen LogP contribution is 2.17. The first-order valence-electron chi connectivity index (χ1n) is 6.33. The lowest BCUT2D eigenvalue weighted by atomic mass is 9.98. The van der Waals surface area contributed by atoms with E-state index < -0.39 is 18.0 Å². The van der Waals surface area contributed by atoms with E-state index in [1.165, 1.54) is 12.5 Å². The molecule has 0 bridgehead atoms. The van der Waals surface area contributed by atoms with Gasteiger partial charge in [-0.05, 0) is 24.8 Å². The third-order valence-electron chi connectivity index (χ3n) is 2.95. The molecule has 19 heavy (non-hydrogen) atoms. The van der Waals surface area contributed by atoms with Crippen molar-refractivity contribution in [3.05, 3.63) is 35.9 Å². The SMILES string of the molecule is CC(CCNC(=O)N[C@H](C)C(=O)O)c1ccccc1. The van der Waals surface area contributed by atoms with Crippen LogP contribution in [0.25, 0.3) is 0 Å². The molecule has 0 heterocycles. The molecular weight excluding hydrogens is 244 g/mol. The minimum Gasteiger partial charge on any atom is -0.480 e. The lowest BCUT2D eigenvalue weighted by Gasteiger charge is -2.14. The van der Waals surface area contributed by atoms with E-state index in [1.807, 2.05) is 18.2 Å². The van der Waals surface area contributed by atoms with Gasteiger partial charge in [0.25, 0.3) is 0 Å². The van der Waals surface area contributed by atoms with Crippen LogP contribution in [0.2, 0.25) is 0 Å². The van der Waals surface area contributed by atoms with Gasteiger partial charge in [-0.2, -0.15) is 0 Å². The molecular formula is C14H20N2O3. The molecule has 1 unspecified atom stereocenters. The minimum absolute atomic E-state index is 0.346. The molecule has 2 atom stereocenters. The highest BCUT2D eigenvalue weighted by molar-refractivity contribution is 5.82. The van der Waals surface area contributed by atoms with Crippen LogP contribution in [0, 0.1) is 0 Å². The van der Waals surface area contributed by atoms with Gasteiger partial charge in [0, 0.05) is 6.54 Å². The van der Waals surface area contributed by atoms with Gasteiger partial charge in [0.1, 0.15) is 6.04 Å². The number of hydrogen-bond acceptors (Lipinski definition) is 2. The predicted molar refractivity (Wildman–Crippen MR) is 73.1 cm³/mol. The van der Waals surface area contributed by atoms with E-state index in [0.717, 1.165) is 6.42 Å². The van der Waals surface area contributed by atoms with Crippen LogP contribution in [0.5, 0.6) is 0 Å². The number of carbonyl (C=O) groups excluding carboxylic acids is 1. The number of amides is 2. The van der Waals surface area contributed by atoms with Gasteiger partial charge in [0.15, 0.2) is 0 Å². The molecule has 104 valence electrons. The van der Waals surface area contributed by atoms with Crippen molar-refractivity contribution in [2.24, 2.45) is 0 Å². The van der Waals surface area contributed by atoms with Crippen LogP contribution in [-0.2, 0) is 4.79 Å². The fraction of sp³-hybridized carbons (Fsp3) is 0.429. The van der Waals surface area contributed by atoms with E-state index in [4.69, 9.17) is 5.11 Å². The number of carboxylic acid groups (broad SMARTS) is 1. The summed E-state index contributed by atoms with van der Waals surface area (Å²) in [5, 5.41) is 13.6. The van der Waals surface area contributed by atoms with Crippen molar-refractivity contribution in [3.8, 4) is 0 Å². The molecule has 0 aliphatic carbocycles. The molecule has 0 aromatic heterocycles. The van der Waals surface area contributed by atoms with Gasteiger partial charge in [-0.15, -0.1) is 0 Å². The fourth-order valence-electron chi connectivity index (χ4n) is 1.66. The molecule has 0 spiro atoms. The number of urea groups is 1. The van der Waals surface area contributed by atoms with Crippen LogP contribution in [0.3, 0.4) is 0 Å². The number of aliphatic carboxylic acids is 1. The number of benzene rings is 1. The number of carbonyl (C=O) groups is 2. The first kappa shape index (κ1) is 15.0. The van der Waals surface area contributed by atoms with Gasteiger partial charge in [0.2, 0.25) is 0 Å². The third-order valence-corrected chi connectivity index (χ3v) is 2.95. The zero-order chi connectivity index (χ0) is 14.3. The summed E-state index contributed by atoms with van der Waals surface area (Å²) in [4.78, 5) is 21.9. The first-order valence-corrected chi connectivity index (χ1v) is 6.33. The maximum absolute atomic E-state index is 11.4. The Labute approximate surface area is 113 Å². The summed E-state index contributed by atoms with van der Waals surface area (Å²) in [5.74, 6) is -0.703. The Hall–Kier alpha value is -2.04. The van der Waals surface area contributed by atoms with Crippen molar-refractivity contribution in [1.82, 2.24) is 10.6 Å². The molecule has 5 heteroatoms. The van der Waals surface area contributed by atoms with Crippen LogP contribution >= 0.6 is 0 Å². The number of nitrogens with one attached hydrogen (secondary N) is 2. The standard InChI is InChI=1S/C14H20N2O3/c1-10(12-6-4-3-5-7-12)8-9-15-14(19)16-11(2)13(17)18/h3-7,10-11H,8-9H2,1-2H3,(H,17,18)(H2,15,16,19)/t10?,11-/m1/s1. The Morgan fingerprint density at radius 2 is 1.84 bits per heavy atom. The summed E-state index contributed by atoms with van der Waals surface area (Å²) in [6.07, 6.45) is 0.804. The maximum atomic E-state index is 11.4. The van der Waals surface area contributed by atoms with Crippen molar-refractivity contribution in [2.75, 3.05) is 6.54 Å². The number of rotatable bonds is 6. The van der Waals surface area contributed by atoms with Gasteiger partial charge in [0.05, 0.1) is 0 Å². The second kappa shape index (κ2) is 7.41. The Bertz CT molecular complexity index is 420. The van der Waals surface area contributed by atoms with Crippen LogP contribution in [0.15, 0.2) is 30.3 Å². The van der Waals surface area contributed by atoms with E-state index in [9.17, 15) is 9.59 Å². The van der Waals surface area contributed by atoms with Gasteiger partial charge in [-0.3, -0.25) is 4.79 Å². The second-order valence-corrected chi connectivity index (χ2v) is 4.56. The summed E-state index contributed by atoms with van der Waals surface area (Å²) >= 11 is 0. The van der Waals surface area contributed by atoms with Crippen molar-refractivity contribution in [1.29, 1.82) is 0 Å². The molecule has 0 saturated heterocycles. The van der Waals surface area contributed by atoms with Gasteiger partial charge >= 0.3 is 12.0 Å². The molecule has 3 N–H and O–H groups in total. The summed E-state index contributed by atoms with van der Waals surface area (Å²) in [7, 11) is 0. The summed E-state index contributed by atoms with van der Waals surface area (Å²) in [6, 6.07) is 8.71. The monoisotopic (exact) mass is 264 g/mol. The van der Waals surface area contributed by atoms with Crippen LogP contribution in [0.1, 0.15) is 31.7 Å². The molecule has 0 aliphatic rings.